The van der Waals surface area contributed by atoms with Crippen LogP contribution >= 0.6 is 14.2 Å². The highest BCUT2D eigenvalue weighted by Gasteiger charge is 2.52. The van der Waals surface area contributed by atoms with Gasteiger partial charge in [-0.1, -0.05) is 40.0 Å². The molecule has 0 saturated carbocycles. The summed E-state index contributed by atoms with van der Waals surface area (Å²) in [5.74, 6) is 0. The van der Waals surface area contributed by atoms with Crippen LogP contribution in [-0.2, 0) is 4.57 Å². The Labute approximate surface area is 107 Å². The van der Waals surface area contributed by atoms with Crippen LogP contribution in [0.3, 0.4) is 0 Å². The summed E-state index contributed by atoms with van der Waals surface area (Å²) in [5.41, 5.74) is 0. The molecule has 0 fully saturated rings. The van der Waals surface area contributed by atoms with Crippen molar-refractivity contribution in [3.63, 3.8) is 0 Å². The molecule has 17 heavy (non-hydrogen) atoms. The largest absolute Gasteiger partial charge is 0.464 e. The molecule has 3 nitrogen and oxygen atoms in total. The molecule has 104 valence electrons. The van der Waals surface area contributed by atoms with Gasteiger partial charge in [0.1, 0.15) is 6.95 Å². The molecule has 2 N–H and O–H groups in total. The van der Waals surface area contributed by atoms with Crippen molar-refractivity contribution in [1.29, 1.82) is 0 Å². The average Bonchev–Trinajstić information content (AvgIpc) is 2.27. The minimum atomic E-state index is -3.88. The third-order valence-electron chi connectivity index (χ3n) is 3.34. The molecule has 0 spiro atoms. The van der Waals surface area contributed by atoms with E-state index in [1.165, 1.54) is 0 Å². The van der Waals surface area contributed by atoms with Crippen molar-refractivity contribution >= 4 is 14.2 Å². The van der Waals surface area contributed by atoms with Gasteiger partial charge in [0.2, 0.25) is 0 Å². The van der Waals surface area contributed by atoms with Crippen LogP contribution in [0.2, 0.25) is 0 Å². The van der Waals surface area contributed by atoms with E-state index in [0.717, 1.165) is 57.0 Å². The lowest BCUT2D eigenvalue weighted by molar-refractivity contribution is 0.393. The lowest BCUT2D eigenvalue weighted by atomic mass is 10.4. The van der Waals surface area contributed by atoms with E-state index in [0.29, 0.717) is 0 Å². The Hall–Kier alpha value is 0.580. The summed E-state index contributed by atoms with van der Waals surface area (Å²) in [5, 5.41) is 0. The van der Waals surface area contributed by atoms with Crippen LogP contribution in [-0.4, -0.2) is 28.3 Å². The fraction of sp³-hybridized carbons (Fsp3) is 1.00. The van der Waals surface area contributed by atoms with Crippen LogP contribution in [0.15, 0.2) is 0 Å². The zero-order valence-corrected chi connectivity index (χ0v) is 13.3. The number of hydrogen-bond donors (Lipinski definition) is 2. The topological polar surface area (TPSA) is 57.5 Å². The highest BCUT2D eigenvalue weighted by molar-refractivity contribution is 8.37. The predicted molar refractivity (Wildman–Crippen MR) is 78.3 cm³/mol. The molecule has 0 atom stereocenters. The van der Waals surface area contributed by atoms with Gasteiger partial charge in [0.15, 0.2) is 0 Å². The third kappa shape index (κ3) is 5.83. The van der Waals surface area contributed by atoms with Gasteiger partial charge < -0.3 is 0 Å². The van der Waals surface area contributed by atoms with Crippen molar-refractivity contribution < 1.29 is 14.4 Å². The third-order valence-corrected chi connectivity index (χ3v) is 13.0. The number of unbranched alkanes of at least 4 members (excludes halogenated alkanes) is 3. The SMILES string of the molecule is CCCC[P+](CCCC)(CCCC)P(=O)(O)O. The molecule has 0 radical (unpaired) electrons. The Morgan fingerprint density at radius 3 is 1.29 bits per heavy atom. The van der Waals surface area contributed by atoms with E-state index in [1.807, 2.05) is 0 Å². The second-order valence-electron chi connectivity index (χ2n) is 4.84. The Balaban J connectivity index is 4.85. The van der Waals surface area contributed by atoms with Crippen LogP contribution in [0.5, 0.6) is 0 Å². The monoisotopic (exact) mass is 283 g/mol. The van der Waals surface area contributed by atoms with Crippen molar-refractivity contribution in [3.05, 3.63) is 0 Å². The van der Waals surface area contributed by atoms with Gasteiger partial charge in [-0.2, -0.15) is 0 Å². The lowest BCUT2D eigenvalue weighted by Crippen LogP contribution is -2.09. The predicted octanol–water partition coefficient (Wildman–Crippen LogP) is 4.50. The van der Waals surface area contributed by atoms with Gasteiger partial charge in [0, 0.05) is 0 Å². The van der Waals surface area contributed by atoms with Crippen LogP contribution in [0.1, 0.15) is 59.3 Å². The van der Waals surface area contributed by atoms with E-state index in [9.17, 15) is 14.4 Å². The van der Waals surface area contributed by atoms with Crippen LogP contribution < -0.4 is 0 Å². The molecule has 0 amide bonds. The van der Waals surface area contributed by atoms with Gasteiger partial charge >= 0.3 is 7.28 Å². The molecule has 5 heteroatoms. The Kier molecular flexibility index (Phi) is 8.94. The summed E-state index contributed by atoms with van der Waals surface area (Å²) in [4.78, 5) is 19.5. The van der Waals surface area contributed by atoms with E-state index < -0.39 is 14.2 Å². The van der Waals surface area contributed by atoms with E-state index in [4.69, 9.17) is 0 Å². The average molecular weight is 283 g/mol. The first-order valence-corrected chi connectivity index (χ1v) is 11.5. The molecule has 0 unspecified atom stereocenters. The van der Waals surface area contributed by atoms with Gasteiger partial charge in [0.05, 0.1) is 18.5 Å². The fourth-order valence-corrected chi connectivity index (χ4v) is 9.87. The summed E-state index contributed by atoms with van der Waals surface area (Å²) in [6, 6.07) is 0. The lowest BCUT2D eigenvalue weighted by Gasteiger charge is -2.27. The Bertz CT molecular complexity index is 216. The number of hydrogen-bond acceptors (Lipinski definition) is 1. The molecule has 0 aliphatic rings. The van der Waals surface area contributed by atoms with Gasteiger partial charge in [0.25, 0.3) is 0 Å². The molecule has 0 saturated heterocycles. The summed E-state index contributed by atoms with van der Waals surface area (Å²) in [6.07, 6.45) is 8.33. The molecule has 0 aliphatic carbocycles. The molecule has 0 bridgehead atoms. The molecular weight excluding hydrogens is 254 g/mol. The number of rotatable bonds is 10. The Morgan fingerprint density at radius 1 is 0.824 bits per heavy atom. The first-order valence-electron chi connectivity index (χ1n) is 6.85. The second kappa shape index (κ2) is 8.64. The highest BCUT2D eigenvalue weighted by atomic mass is 32.1. The second-order valence-corrected chi connectivity index (χ2v) is 13.5. The molecule has 0 aromatic carbocycles. The van der Waals surface area contributed by atoms with Crippen molar-refractivity contribution in [1.82, 2.24) is 0 Å². The molecule has 0 heterocycles. The zero-order chi connectivity index (χ0) is 13.4. The van der Waals surface area contributed by atoms with Crippen molar-refractivity contribution in [2.45, 2.75) is 59.3 Å². The van der Waals surface area contributed by atoms with E-state index >= 15 is 0 Å². The van der Waals surface area contributed by atoms with Gasteiger partial charge in [-0.05, 0) is 19.3 Å². The Morgan fingerprint density at radius 2 is 1.12 bits per heavy atom. The first-order chi connectivity index (χ1) is 7.93. The normalized spacial score (nSPS) is 13.0. The van der Waals surface area contributed by atoms with Crippen LogP contribution in [0.4, 0.5) is 0 Å². The fourth-order valence-electron chi connectivity index (χ4n) is 2.08. The minimum Gasteiger partial charge on any atom is -0.295 e. The summed E-state index contributed by atoms with van der Waals surface area (Å²) >= 11 is 0. The van der Waals surface area contributed by atoms with Gasteiger partial charge in [-0.25, -0.2) is 4.57 Å². The maximum atomic E-state index is 11.9. The van der Waals surface area contributed by atoms with Crippen LogP contribution in [0.25, 0.3) is 0 Å². The van der Waals surface area contributed by atoms with Crippen molar-refractivity contribution in [2.24, 2.45) is 0 Å². The van der Waals surface area contributed by atoms with E-state index in [-0.39, 0.29) is 0 Å². The van der Waals surface area contributed by atoms with Crippen molar-refractivity contribution in [3.8, 4) is 0 Å². The molecule has 0 rings (SSSR count). The molecule has 0 aromatic rings. The first kappa shape index (κ1) is 17.6. The summed E-state index contributed by atoms with van der Waals surface area (Å²) in [6.45, 7) is 4.21. The minimum absolute atomic E-state index is 0.785. The molecular formula is C12H29O3P2+. The molecule has 0 aliphatic heterocycles. The van der Waals surface area contributed by atoms with Gasteiger partial charge in [-0.15, -0.1) is 0 Å². The highest BCUT2D eigenvalue weighted by Crippen LogP contribution is 2.86. The standard InChI is InChI=1S/C12H28O3P2/c1-4-7-10-16(11-8-5-2,12-9-6-3)17(13,14)15/h4-12H2,1-3H3,(H-,13,14,15)/p+1. The van der Waals surface area contributed by atoms with Gasteiger partial charge in [-0.3, -0.25) is 9.79 Å². The van der Waals surface area contributed by atoms with Crippen LogP contribution in [0, 0.1) is 0 Å². The summed E-state index contributed by atoms with van der Waals surface area (Å²) < 4.78 is 11.9. The summed E-state index contributed by atoms with van der Waals surface area (Å²) in [7, 11) is -3.88. The van der Waals surface area contributed by atoms with E-state index in [1.54, 1.807) is 0 Å². The van der Waals surface area contributed by atoms with E-state index in [2.05, 4.69) is 20.8 Å². The smallest absolute Gasteiger partial charge is 0.295 e. The van der Waals surface area contributed by atoms with Crippen molar-refractivity contribution in [2.75, 3.05) is 18.5 Å². The molecule has 0 aromatic heterocycles. The maximum Gasteiger partial charge on any atom is 0.464 e. The quantitative estimate of drug-likeness (QED) is 0.580. The maximum absolute atomic E-state index is 11.9. The zero-order valence-electron chi connectivity index (χ0n) is 11.6.